The van der Waals surface area contributed by atoms with Crippen molar-refractivity contribution in [3.05, 3.63) is 41.8 Å². The monoisotopic (exact) mass is 424 g/mol. The molecule has 2 aromatic rings. The van der Waals surface area contributed by atoms with Gasteiger partial charge in [-0.3, -0.25) is 19.6 Å². The molecule has 0 saturated heterocycles. The van der Waals surface area contributed by atoms with E-state index in [0.29, 0.717) is 41.9 Å². The maximum Gasteiger partial charge on any atom is 0.331 e. The normalized spacial score (nSPS) is 22.8. The van der Waals surface area contributed by atoms with Crippen LogP contribution in [0.5, 0.6) is 0 Å². The van der Waals surface area contributed by atoms with Gasteiger partial charge in [0.15, 0.2) is 5.82 Å². The Morgan fingerprint density at radius 2 is 2.00 bits per heavy atom. The molecule has 1 N–H and O–H groups in total. The molecule has 3 amide bonds. The first-order valence-electron chi connectivity index (χ1n) is 10.8. The number of benzene rings is 1. The Morgan fingerprint density at radius 1 is 1.23 bits per heavy atom. The minimum Gasteiger partial charge on any atom is -0.352 e. The summed E-state index contributed by atoms with van der Waals surface area (Å²) in [6.45, 7) is 3.05. The number of amides is 3. The highest BCUT2D eigenvalue weighted by atomic mass is 19.1. The first-order valence-corrected chi connectivity index (χ1v) is 10.8. The molecule has 0 radical (unpaired) electrons. The molecule has 5 rings (SSSR count). The predicted molar refractivity (Wildman–Crippen MR) is 114 cm³/mol. The van der Waals surface area contributed by atoms with Crippen LogP contribution in [-0.2, 0) is 4.79 Å². The lowest BCUT2D eigenvalue weighted by Gasteiger charge is -2.35. The summed E-state index contributed by atoms with van der Waals surface area (Å²) >= 11 is 0. The van der Waals surface area contributed by atoms with Gasteiger partial charge >= 0.3 is 6.03 Å². The second-order valence-electron chi connectivity index (χ2n) is 8.43. The van der Waals surface area contributed by atoms with Crippen LogP contribution in [0.15, 0.2) is 35.5 Å². The summed E-state index contributed by atoms with van der Waals surface area (Å²) < 4.78 is 15.0. The average molecular weight is 424 g/mol. The number of halogens is 1. The molecule has 31 heavy (non-hydrogen) atoms. The van der Waals surface area contributed by atoms with Crippen LogP contribution in [0.4, 0.5) is 15.0 Å². The van der Waals surface area contributed by atoms with Crippen molar-refractivity contribution >= 4 is 23.6 Å². The fourth-order valence-electron chi connectivity index (χ4n) is 4.70. The van der Waals surface area contributed by atoms with E-state index in [1.54, 1.807) is 27.9 Å². The molecule has 3 heterocycles. The van der Waals surface area contributed by atoms with Crippen molar-refractivity contribution < 1.29 is 14.0 Å². The van der Waals surface area contributed by atoms with Crippen LogP contribution in [0.25, 0.3) is 5.69 Å². The molecule has 1 aliphatic carbocycles. The van der Waals surface area contributed by atoms with Gasteiger partial charge in [0.2, 0.25) is 5.91 Å². The molecule has 1 aromatic carbocycles. The molecule has 8 nitrogen and oxygen atoms in total. The van der Waals surface area contributed by atoms with Crippen molar-refractivity contribution in [2.75, 3.05) is 24.5 Å². The van der Waals surface area contributed by atoms with E-state index in [-0.39, 0.29) is 30.3 Å². The Labute approximate surface area is 179 Å². The number of hydrogen-bond acceptors (Lipinski definition) is 4. The third kappa shape index (κ3) is 3.47. The zero-order valence-electron chi connectivity index (χ0n) is 17.4. The molecule has 9 heteroatoms. The molecule has 2 atom stereocenters. The Kier molecular flexibility index (Phi) is 4.95. The average Bonchev–Trinajstić information content (AvgIpc) is 3.41. The number of amidine groups is 1. The largest absolute Gasteiger partial charge is 0.352 e. The standard InChI is InChI=1S/C22H25FN6O2/c1-14-4-2-3-5-18(14)26-19(30)13-28-21-17(20-24-10-11-27(20)22(28)31)12-25-29(21)16-8-6-15(23)7-9-16/h6-9,12,14,18H,2-5,10-11,13H2,1H3,(H,26,30)/t14-,18+/m0/s1. The van der Waals surface area contributed by atoms with E-state index in [2.05, 4.69) is 22.3 Å². The van der Waals surface area contributed by atoms with E-state index >= 15 is 0 Å². The molecule has 3 aliphatic rings. The molecule has 0 unspecified atom stereocenters. The molecular formula is C22H25FN6O2. The van der Waals surface area contributed by atoms with E-state index in [1.807, 2.05) is 0 Å². The van der Waals surface area contributed by atoms with E-state index in [4.69, 9.17) is 0 Å². The first-order chi connectivity index (χ1) is 15.0. The van der Waals surface area contributed by atoms with Crippen LogP contribution in [0.2, 0.25) is 0 Å². The van der Waals surface area contributed by atoms with E-state index in [9.17, 15) is 14.0 Å². The number of carbonyl (C=O) groups is 2. The maximum atomic E-state index is 13.4. The number of rotatable bonds is 4. The number of nitrogens with one attached hydrogen (secondary N) is 1. The Morgan fingerprint density at radius 3 is 2.77 bits per heavy atom. The number of aliphatic imine (C=N–C) groups is 1. The van der Waals surface area contributed by atoms with Crippen molar-refractivity contribution in [2.24, 2.45) is 10.9 Å². The SMILES string of the molecule is C[C@H]1CCCC[C@H]1NC(=O)CN1C(=O)N2CCN=C2c2cnn(-c3ccc(F)cc3)c21. The van der Waals surface area contributed by atoms with Gasteiger partial charge < -0.3 is 5.32 Å². The summed E-state index contributed by atoms with van der Waals surface area (Å²) in [7, 11) is 0. The summed E-state index contributed by atoms with van der Waals surface area (Å²) in [5, 5.41) is 7.56. The van der Waals surface area contributed by atoms with E-state index in [1.165, 1.54) is 23.5 Å². The summed E-state index contributed by atoms with van der Waals surface area (Å²) in [6.07, 6.45) is 6.00. The van der Waals surface area contributed by atoms with Crippen molar-refractivity contribution in [2.45, 2.75) is 38.6 Å². The lowest BCUT2D eigenvalue weighted by molar-refractivity contribution is -0.121. The fourth-order valence-corrected chi connectivity index (χ4v) is 4.70. The zero-order chi connectivity index (χ0) is 21.5. The van der Waals surface area contributed by atoms with Gasteiger partial charge in [0.25, 0.3) is 0 Å². The summed E-state index contributed by atoms with van der Waals surface area (Å²) in [5.41, 5.74) is 1.30. The van der Waals surface area contributed by atoms with Crippen LogP contribution in [0.3, 0.4) is 0 Å². The smallest absolute Gasteiger partial charge is 0.331 e. The van der Waals surface area contributed by atoms with Crippen LogP contribution in [0, 0.1) is 11.7 Å². The Hall–Kier alpha value is -3.23. The minimum absolute atomic E-state index is 0.105. The van der Waals surface area contributed by atoms with Gasteiger partial charge in [-0.1, -0.05) is 19.8 Å². The minimum atomic E-state index is -0.356. The van der Waals surface area contributed by atoms with Gasteiger partial charge in [0.05, 0.1) is 24.0 Å². The molecule has 0 spiro atoms. The van der Waals surface area contributed by atoms with Crippen LogP contribution in [0.1, 0.15) is 38.2 Å². The highest BCUT2D eigenvalue weighted by Crippen LogP contribution is 2.33. The molecular weight excluding hydrogens is 399 g/mol. The van der Waals surface area contributed by atoms with Gasteiger partial charge in [-0.05, 0) is 43.0 Å². The number of nitrogens with zero attached hydrogens (tertiary/aromatic N) is 5. The quantitative estimate of drug-likeness (QED) is 0.819. The van der Waals surface area contributed by atoms with Crippen molar-refractivity contribution in [3.8, 4) is 5.69 Å². The second kappa shape index (κ2) is 7.79. The van der Waals surface area contributed by atoms with E-state index < -0.39 is 0 Å². The van der Waals surface area contributed by atoms with Gasteiger partial charge in [0, 0.05) is 12.6 Å². The molecule has 162 valence electrons. The van der Waals surface area contributed by atoms with Crippen LogP contribution < -0.4 is 10.2 Å². The molecule has 0 bridgehead atoms. The van der Waals surface area contributed by atoms with Gasteiger partial charge in [-0.2, -0.15) is 5.10 Å². The number of fused-ring (bicyclic) bond motifs is 3. The molecule has 1 fully saturated rings. The van der Waals surface area contributed by atoms with Crippen molar-refractivity contribution in [1.29, 1.82) is 0 Å². The third-order valence-electron chi connectivity index (χ3n) is 6.37. The highest BCUT2D eigenvalue weighted by molar-refractivity contribution is 6.20. The maximum absolute atomic E-state index is 13.4. The summed E-state index contributed by atoms with van der Waals surface area (Å²) in [6, 6.07) is 5.71. The first kappa shape index (κ1) is 19.7. The molecule has 1 aromatic heterocycles. The Bertz CT molecular complexity index is 1050. The van der Waals surface area contributed by atoms with Crippen molar-refractivity contribution in [1.82, 2.24) is 20.0 Å². The predicted octanol–water partition coefficient (Wildman–Crippen LogP) is 2.71. The lowest BCUT2D eigenvalue weighted by atomic mass is 9.86. The Balaban J connectivity index is 1.48. The van der Waals surface area contributed by atoms with Crippen molar-refractivity contribution in [3.63, 3.8) is 0 Å². The summed E-state index contributed by atoms with van der Waals surface area (Å²) in [4.78, 5) is 33.8. The molecule has 1 saturated carbocycles. The van der Waals surface area contributed by atoms with Gasteiger partial charge in [-0.15, -0.1) is 0 Å². The molecule has 2 aliphatic heterocycles. The number of hydrogen-bond donors (Lipinski definition) is 1. The van der Waals surface area contributed by atoms with E-state index in [0.717, 1.165) is 19.3 Å². The highest BCUT2D eigenvalue weighted by Gasteiger charge is 2.41. The summed E-state index contributed by atoms with van der Waals surface area (Å²) in [5.74, 6) is 0.938. The number of carbonyl (C=O) groups excluding carboxylic acids is 2. The number of aromatic nitrogens is 2. The van der Waals surface area contributed by atoms with Gasteiger partial charge in [0.1, 0.15) is 18.2 Å². The zero-order valence-corrected chi connectivity index (χ0v) is 17.4. The fraction of sp³-hybridized carbons (Fsp3) is 0.455. The number of anilines is 1. The topological polar surface area (TPSA) is 82.8 Å². The van der Waals surface area contributed by atoms with Crippen LogP contribution in [-0.4, -0.2) is 58.1 Å². The lowest BCUT2D eigenvalue weighted by Crippen LogP contribution is -2.54. The van der Waals surface area contributed by atoms with Gasteiger partial charge in [-0.25, -0.2) is 13.9 Å². The second-order valence-corrected chi connectivity index (χ2v) is 8.43. The number of urea groups is 1. The third-order valence-corrected chi connectivity index (χ3v) is 6.37. The van der Waals surface area contributed by atoms with Crippen LogP contribution >= 0.6 is 0 Å².